The first kappa shape index (κ1) is 21.4. The third-order valence-corrected chi connectivity index (χ3v) is 10.8. The van der Waals surface area contributed by atoms with E-state index in [0.29, 0.717) is 11.8 Å². The van der Waals surface area contributed by atoms with Crippen LogP contribution < -0.4 is 0 Å². The standard InChI is InChI=1S/2C9H13.2ClH.Zr/c2*1-6-5-7(2)9(4)8(6)3;;;/h2*6H,1-4H3;2*1H;. The van der Waals surface area contributed by atoms with Crippen LogP contribution in [0.3, 0.4) is 0 Å². The van der Waals surface area contributed by atoms with Crippen LogP contribution in [0.4, 0.5) is 0 Å². The number of hydrogen-bond donors (Lipinski definition) is 0. The van der Waals surface area contributed by atoms with E-state index in [1.54, 1.807) is 33.4 Å². The average Bonchev–Trinajstić information content (AvgIpc) is 2.68. The van der Waals surface area contributed by atoms with Gasteiger partial charge in [-0.05, 0) is 0 Å². The average molecular weight is 407 g/mol. The Morgan fingerprint density at radius 3 is 1.05 bits per heavy atom. The summed E-state index contributed by atoms with van der Waals surface area (Å²) in [5.74, 6) is 1.42. The van der Waals surface area contributed by atoms with Gasteiger partial charge in [-0.25, -0.2) is 0 Å². The summed E-state index contributed by atoms with van der Waals surface area (Å²) >= 11 is -0.601. The van der Waals surface area contributed by atoms with Crippen LogP contribution in [0.2, 0.25) is 0 Å². The largest absolute Gasteiger partial charge is 0.147 e. The Bertz CT molecular complexity index is 512. The minimum absolute atomic E-state index is 0. The minimum atomic E-state index is -0.601. The van der Waals surface area contributed by atoms with Gasteiger partial charge in [0.05, 0.1) is 0 Å². The molecule has 0 heterocycles. The van der Waals surface area contributed by atoms with Gasteiger partial charge in [-0.1, -0.05) is 0 Å². The molecule has 21 heavy (non-hydrogen) atoms. The van der Waals surface area contributed by atoms with E-state index in [9.17, 15) is 0 Å². The second-order valence-electron chi connectivity index (χ2n) is 6.26. The maximum Gasteiger partial charge on any atom is -0.147 e. The van der Waals surface area contributed by atoms with Gasteiger partial charge < -0.3 is 0 Å². The van der Waals surface area contributed by atoms with Crippen LogP contribution in [0.1, 0.15) is 55.4 Å². The van der Waals surface area contributed by atoms with Crippen LogP contribution in [0, 0.1) is 11.8 Å². The van der Waals surface area contributed by atoms with Crippen LogP contribution in [0.25, 0.3) is 0 Å². The van der Waals surface area contributed by atoms with Gasteiger partial charge in [0, 0.05) is 0 Å². The summed E-state index contributed by atoms with van der Waals surface area (Å²) in [7, 11) is 0. The van der Waals surface area contributed by atoms with Crippen molar-refractivity contribution in [2.24, 2.45) is 11.8 Å². The molecule has 2 aliphatic carbocycles. The zero-order valence-corrected chi connectivity index (χ0v) is 18.6. The summed E-state index contributed by atoms with van der Waals surface area (Å²) in [6.07, 6.45) is 0. The second-order valence-corrected chi connectivity index (χ2v) is 9.52. The minimum Gasteiger partial charge on any atom is -0.147 e. The molecular weight excluding hydrogens is 378 g/mol. The second kappa shape index (κ2) is 7.80. The van der Waals surface area contributed by atoms with E-state index in [2.05, 4.69) is 55.4 Å². The maximum absolute atomic E-state index is 2.41. The molecule has 0 bridgehead atoms. The molecule has 0 nitrogen and oxygen atoms in total. The summed E-state index contributed by atoms with van der Waals surface area (Å²) in [6.45, 7) is 18.8. The van der Waals surface area contributed by atoms with Crippen LogP contribution >= 0.6 is 24.8 Å². The van der Waals surface area contributed by atoms with Crippen molar-refractivity contribution in [2.45, 2.75) is 55.4 Å². The van der Waals surface area contributed by atoms with Crippen LogP contribution in [0.5, 0.6) is 0 Å². The fraction of sp³-hybridized carbons (Fsp3) is 0.556. The summed E-state index contributed by atoms with van der Waals surface area (Å²) in [4.78, 5) is 0. The van der Waals surface area contributed by atoms with Crippen molar-refractivity contribution in [3.05, 3.63) is 40.0 Å². The van der Waals surface area contributed by atoms with Gasteiger partial charge in [-0.2, -0.15) is 0 Å². The predicted molar refractivity (Wildman–Crippen MR) is 95.0 cm³/mol. The first-order chi connectivity index (χ1) is 8.77. The molecule has 118 valence electrons. The first-order valence-corrected chi connectivity index (χ1v) is 9.77. The Balaban J connectivity index is 0.00000200. The molecule has 0 aromatic heterocycles. The molecule has 0 aromatic carbocycles. The van der Waals surface area contributed by atoms with Crippen molar-refractivity contribution >= 4 is 24.8 Å². The SMILES string of the molecule is CC1=C(C)C(C)[C]([Zr][C]2=C(C)C(C)=C(C)C2C)=C1C.Cl.Cl. The quantitative estimate of drug-likeness (QED) is 0.495. The van der Waals surface area contributed by atoms with Crippen molar-refractivity contribution in [1.29, 1.82) is 0 Å². The van der Waals surface area contributed by atoms with Crippen molar-refractivity contribution in [1.82, 2.24) is 0 Å². The summed E-state index contributed by atoms with van der Waals surface area (Å²) in [6, 6.07) is 0. The normalized spacial score (nSPS) is 25.5. The molecule has 0 spiro atoms. The van der Waals surface area contributed by atoms with E-state index in [1.807, 2.05) is 6.56 Å². The summed E-state index contributed by atoms with van der Waals surface area (Å²) in [5.41, 5.74) is 9.58. The van der Waals surface area contributed by atoms with Gasteiger partial charge in [0.1, 0.15) is 0 Å². The molecule has 0 amide bonds. The molecule has 0 N–H and O–H groups in total. The van der Waals surface area contributed by atoms with Crippen LogP contribution in [-0.4, -0.2) is 0 Å². The van der Waals surface area contributed by atoms with Crippen LogP contribution in [-0.2, 0) is 23.2 Å². The Hall–Kier alpha value is 0.423. The predicted octanol–water partition coefficient (Wildman–Crippen LogP) is 6.43. The number of rotatable bonds is 2. The first-order valence-electron chi connectivity index (χ1n) is 7.31. The van der Waals surface area contributed by atoms with Crippen LogP contribution in [0.15, 0.2) is 40.0 Å². The number of halogens is 2. The Morgan fingerprint density at radius 2 is 0.857 bits per heavy atom. The topological polar surface area (TPSA) is 0 Å². The molecule has 2 rings (SSSR count). The van der Waals surface area contributed by atoms with E-state index in [4.69, 9.17) is 0 Å². The van der Waals surface area contributed by atoms with E-state index >= 15 is 0 Å². The molecule has 2 atom stereocenters. The fourth-order valence-electron chi connectivity index (χ4n) is 3.28. The van der Waals surface area contributed by atoms with Gasteiger partial charge in [0.25, 0.3) is 0 Å². The number of allylic oxidation sites excluding steroid dienone is 8. The smallest absolute Gasteiger partial charge is 0.147 e. The maximum atomic E-state index is 2.41. The Kier molecular flexibility index (Phi) is 7.96. The molecule has 0 saturated carbocycles. The van der Waals surface area contributed by atoms with Crippen molar-refractivity contribution < 1.29 is 23.2 Å². The van der Waals surface area contributed by atoms with Gasteiger partial charge in [0.2, 0.25) is 0 Å². The zero-order chi connectivity index (χ0) is 14.5. The third-order valence-electron chi connectivity index (χ3n) is 5.55. The van der Waals surface area contributed by atoms with Crippen molar-refractivity contribution in [2.75, 3.05) is 0 Å². The summed E-state index contributed by atoms with van der Waals surface area (Å²) < 4.78 is 3.64. The third kappa shape index (κ3) is 3.51. The Labute approximate surface area is 154 Å². The monoisotopic (exact) mass is 404 g/mol. The molecule has 2 unspecified atom stereocenters. The van der Waals surface area contributed by atoms with E-state index in [-0.39, 0.29) is 24.8 Å². The van der Waals surface area contributed by atoms with Gasteiger partial charge in [0.15, 0.2) is 0 Å². The number of hydrogen-bond acceptors (Lipinski definition) is 0. The van der Waals surface area contributed by atoms with Crippen molar-refractivity contribution in [3.8, 4) is 0 Å². The van der Waals surface area contributed by atoms with E-state index < -0.39 is 23.2 Å². The zero-order valence-electron chi connectivity index (χ0n) is 14.5. The molecule has 0 radical (unpaired) electrons. The molecule has 0 aliphatic heterocycles. The summed E-state index contributed by atoms with van der Waals surface area (Å²) in [5, 5.41) is 0. The molecular formula is C18H28Cl2Zr. The van der Waals surface area contributed by atoms with Gasteiger partial charge in [-0.15, -0.1) is 24.8 Å². The molecule has 0 fully saturated rings. The molecule has 3 heteroatoms. The van der Waals surface area contributed by atoms with Gasteiger partial charge >= 0.3 is 130 Å². The Morgan fingerprint density at radius 1 is 0.571 bits per heavy atom. The van der Waals surface area contributed by atoms with E-state index in [1.165, 1.54) is 0 Å². The molecule has 0 saturated heterocycles. The molecule has 2 aliphatic rings. The van der Waals surface area contributed by atoms with E-state index in [0.717, 1.165) is 0 Å². The van der Waals surface area contributed by atoms with Crippen molar-refractivity contribution in [3.63, 3.8) is 0 Å². The molecule has 0 aromatic rings. The fourth-order valence-corrected chi connectivity index (χ4v) is 7.96. The van der Waals surface area contributed by atoms with Gasteiger partial charge in [-0.3, -0.25) is 0 Å².